The minimum Gasteiger partial charge on any atom is -0.490 e. The van der Waals surface area contributed by atoms with Crippen molar-refractivity contribution >= 4 is 11.8 Å². The van der Waals surface area contributed by atoms with Crippen molar-refractivity contribution < 1.29 is 14.6 Å². The third-order valence-electron chi connectivity index (χ3n) is 4.55. The van der Waals surface area contributed by atoms with Gasteiger partial charge >= 0.3 is 5.97 Å². The van der Waals surface area contributed by atoms with Crippen LogP contribution < -0.4 is 10.5 Å². The van der Waals surface area contributed by atoms with Gasteiger partial charge in [0.2, 0.25) is 0 Å². The van der Waals surface area contributed by atoms with E-state index < -0.39 is 5.97 Å². The summed E-state index contributed by atoms with van der Waals surface area (Å²) in [4.78, 5) is 19.6. The summed E-state index contributed by atoms with van der Waals surface area (Å²) in [6, 6.07) is 7.56. The summed E-state index contributed by atoms with van der Waals surface area (Å²) in [5.41, 5.74) is 6.86. The number of carboxylic acid groups (broad SMARTS) is 1. The van der Waals surface area contributed by atoms with E-state index in [4.69, 9.17) is 15.6 Å². The van der Waals surface area contributed by atoms with E-state index in [1.54, 1.807) is 6.92 Å². The lowest BCUT2D eigenvalue weighted by Crippen LogP contribution is -2.14. The molecule has 1 aromatic heterocycles. The standard InChI is InChI=1S/C19H23N3O3/c1-12-16(19(23)24)17(20)22-18(21-12)13-8-10-15(11-9-13)25-14-6-4-2-3-5-7-14/h8-11,14H,2-7H2,1H3,(H,23,24)(H2,20,21,22). The van der Waals surface area contributed by atoms with Crippen molar-refractivity contribution in [3.8, 4) is 17.1 Å². The van der Waals surface area contributed by atoms with Gasteiger partial charge in [-0.15, -0.1) is 0 Å². The highest BCUT2D eigenvalue weighted by Gasteiger charge is 2.17. The number of carboxylic acids is 1. The van der Waals surface area contributed by atoms with Gasteiger partial charge in [0.25, 0.3) is 0 Å². The molecule has 0 aliphatic heterocycles. The van der Waals surface area contributed by atoms with Gasteiger partial charge in [0.05, 0.1) is 11.8 Å². The zero-order valence-corrected chi connectivity index (χ0v) is 14.4. The monoisotopic (exact) mass is 341 g/mol. The molecule has 0 atom stereocenters. The van der Waals surface area contributed by atoms with Crippen molar-refractivity contribution in [1.29, 1.82) is 0 Å². The number of benzene rings is 1. The molecule has 1 aromatic carbocycles. The smallest absolute Gasteiger partial charge is 0.341 e. The highest BCUT2D eigenvalue weighted by Crippen LogP contribution is 2.26. The van der Waals surface area contributed by atoms with Crippen LogP contribution in [0.1, 0.15) is 54.6 Å². The summed E-state index contributed by atoms with van der Waals surface area (Å²) < 4.78 is 6.08. The van der Waals surface area contributed by atoms with Crippen molar-refractivity contribution in [2.24, 2.45) is 0 Å². The summed E-state index contributed by atoms with van der Waals surface area (Å²) in [5, 5.41) is 9.14. The molecular weight excluding hydrogens is 318 g/mol. The topological polar surface area (TPSA) is 98.3 Å². The first-order valence-corrected chi connectivity index (χ1v) is 8.69. The molecule has 132 valence electrons. The molecule has 6 heteroatoms. The van der Waals surface area contributed by atoms with Gasteiger partial charge in [0, 0.05) is 5.56 Å². The summed E-state index contributed by atoms with van der Waals surface area (Å²) in [5.74, 6) is 0.117. The Labute approximate surface area is 147 Å². The van der Waals surface area contributed by atoms with Crippen molar-refractivity contribution in [2.75, 3.05) is 5.73 Å². The third kappa shape index (κ3) is 4.07. The van der Waals surface area contributed by atoms with Gasteiger partial charge in [-0.05, 0) is 56.9 Å². The number of aromatic carboxylic acids is 1. The minimum absolute atomic E-state index is 0.0196. The number of nitrogens with two attached hydrogens (primary N) is 1. The summed E-state index contributed by atoms with van der Waals surface area (Å²) in [6.45, 7) is 1.62. The van der Waals surface area contributed by atoms with Crippen LogP contribution in [0.15, 0.2) is 24.3 Å². The number of aryl methyl sites for hydroxylation is 1. The van der Waals surface area contributed by atoms with E-state index in [1.165, 1.54) is 25.7 Å². The van der Waals surface area contributed by atoms with Crippen LogP contribution in [0.2, 0.25) is 0 Å². The average molecular weight is 341 g/mol. The number of ether oxygens (including phenoxy) is 1. The molecule has 6 nitrogen and oxygen atoms in total. The van der Waals surface area contributed by atoms with Gasteiger partial charge in [0.15, 0.2) is 5.82 Å². The molecule has 0 bridgehead atoms. The molecule has 0 spiro atoms. The lowest BCUT2D eigenvalue weighted by Gasteiger charge is -2.17. The number of carbonyl (C=O) groups is 1. The summed E-state index contributed by atoms with van der Waals surface area (Å²) in [7, 11) is 0. The van der Waals surface area contributed by atoms with Crippen LogP contribution in [-0.4, -0.2) is 27.1 Å². The van der Waals surface area contributed by atoms with Crippen molar-refractivity contribution in [3.63, 3.8) is 0 Å². The van der Waals surface area contributed by atoms with Crippen LogP contribution in [0.3, 0.4) is 0 Å². The Kier molecular flexibility index (Phi) is 5.16. The van der Waals surface area contributed by atoms with E-state index in [0.29, 0.717) is 11.5 Å². The molecule has 1 aliphatic rings. The maximum absolute atomic E-state index is 11.2. The number of nitrogen functional groups attached to an aromatic ring is 1. The number of hydrogen-bond donors (Lipinski definition) is 2. The van der Waals surface area contributed by atoms with Gasteiger partial charge in [0.1, 0.15) is 17.1 Å². The van der Waals surface area contributed by atoms with Crippen LogP contribution in [0.25, 0.3) is 11.4 Å². The Bertz CT molecular complexity index is 728. The largest absolute Gasteiger partial charge is 0.490 e. The van der Waals surface area contributed by atoms with E-state index >= 15 is 0 Å². The average Bonchev–Trinajstić information content (AvgIpc) is 2.83. The lowest BCUT2D eigenvalue weighted by molar-refractivity contribution is 0.0696. The predicted molar refractivity (Wildman–Crippen MR) is 95.7 cm³/mol. The van der Waals surface area contributed by atoms with Gasteiger partial charge in [-0.2, -0.15) is 0 Å². The van der Waals surface area contributed by atoms with Crippen molar-refractivity contribution in [1.82, 2.24) is 9.97 Å². The zero-order valence-electron chi connectivity index (χ0n) is 14.4. The van der Waals surface area contributed by atoms with Crippen molar-refractivity contribution in [3.05, 3.63) is 35.5 Å². The molecular formula is C19H23N3O3. The molecule has 0 amide bonds. The third-order valence-corrected chi connectivity index (χ3v) is 4.55. The highest BCUT2D eigenvalue weighted by atomic mass is 16.5. The van der Waals surface area contributed by atoms with Crippen LogP contribution in [0.5, 0.6) is 5.75 Å². The number of rotatable bonds is 4. The molecule has 3 N–H and O–H groups in total. The second kappa shape index (κ2) is 7.51. The molecule has 1 heterocycles. The highest BCUT2D eigenvalue weighted by molar-refractivity contribution is 5.94. The number of hydrogen-bond acceptors (Lipinski definition) is 5. The zero-order chi connectivity index (χ0) is 17.8. The first-order chi connectivity index (χ1) is 12.0. The fourth-order valence-electron chi connectivity index (χ4n) is 3.22. The van der Waals surface area contributed by atoms with Gasteiger partial charge < -0.3 is 15.6 Å². The quantitative estimate of drug-likeness (QED) is 0.820. The second-order valence-electron chi connectivity index (χ2n) is 6.45. The molecule has 1 saturated carbocycles. The van der Waals surface area contributed by atoms with E-state index in [0.717, 1.165) is 24.2 Å². The Hall–Kier alpha value is -2.63. The van der Waals surface area contributed by atoms with Gasteiger partial charge in [-0.3, -0.25) is 0 Å². The first-order valence-electron chi connectivity index (χ1n) is 8.69. The molecule has 0 radical (unpaired) electrons. The molecule has 0 unspecified atom stereocenters. The second-order valence-corrected chi connectivity index (χ2v) is 6.45. The van der Waals surface area contributed by atoms with Gasteiger partial charge in [-0.1, -0.05) is 12.8 Å². The maximum Gasteiger partial charge on any atom is 0.341 e. The van der Waals surface area contributed by atoms with Crippen LogP contribution >= 0.6 is 0 Å². The summed E-state index contributed by atoms with van der Waals surface area (Å²) >= 11 is 0. The van der Waals surface area contributed by atoms with E-state index in [1.807, 2.05) is 24.3 Å². The minimum atomic E-state index is -1.12. The van der Waals surface area contributed by atoms with E-state index in [2.05, 4.69) is 9.97 Å². The molecule has 25 heavy (non-hydrogen) atoms. The van der Waals surface area contributed by atoms with Crippen LogP contribution in [0, 0.1) is 6.92 Å². The molecule has 1 aliphatic carbocycles. The Balaban J connectivity index is 1.77. The molecule has 3 rings (SSSR count). The number of anilines is 1. The Morgan fingerprint density at radius 2 is 1.76 bits per heavy atom. The van der Waals surface area contributed by atoms with E-state index in [-0.39, 0.29) is 17.5 Å². The molecule has 2 aromatic rings. The Morgan fingerprint density at radius 3 is 2.32 bits per heavy atom. The molecule has 0 saturated heterocycles. The van der Waals surface area contributed by atoms with Crippen molar-refractivity contribution in [2.45, 2.75) is 51.6 Å². The predicted octanol–water partition coefficient (Wildman–Crippen LogP) is 3.83. The lowest BCUT2D eigenvalue weighted by atomic mass is 10.1. The maximum atomic E-state index is 11.2. The van der Waals surface area contributed by atoms with Crippen LogP contribution in [-0.2, 0) is 0 Å². The number of aromatic nitrogens is 2. The Morgan fingerprint density at radius 1 is 1.12 bits per heavy atom. The fourth-order valence-corrected chi connectivity index (χ4v) is 3.22. The molecule has 1 fully saturated rings. The SMILES string of the molecule is Cc1nc(-c2ccc(OC3CCCCCC3)cc2)nc(N)c1C(=O)O. The van der Waals surface area contributed by atoms with E-state index in [9.17, 15) is 4.79 Å². The fraction of sp³-hybridized carbons (Fsp3) is 0.421. The first kappa shape index (κ1) is 17.2. The number of nitrogens with zero attached hydrogens (tertiary/aromatic N) is 2. The van der Waals surface area contributed by atoms with Crippen LogP contribution in [0.4, 0.5) is 5.82 Å². The normalized spacial score (nSPS) is 15.6. The summed E-state index contributed by atoms with van der Waals surface area (Å²) in [6.07, 6.45) is 7.55. The van der Waals surface area contributed by atoms with Gasteiger partial charge in [-0.25, -0.2) is 14.8 Å².